The van der Waals surface area contributed by atoms with Crippen molar-refractivity contribution in [2.75, 3.05) is 20.1 Å². The second kappa shape index (κ2) is 7.74. The Bertz CT molecular complexity index is 400. The minimum absolute atomic E-state index is 0.146. The number of carbonyl (C=O) groups is 1. The molecule has 1 rings (SSSR count). The van der Waals surface area contributed by atoms with Gasteiger partial charge in [0.05, 0.1) is 6.54 Å². The molecule has 0 aliphatic rings. The van der Waals surface area contributed by atoms with E-state index in [0.29, 0.717) is 13.1 Å². The third kappa shape index (κ3) is 5.26. The largest absolute Gasteiger partial charge is 0.342 e. The van der Waals surface area contributed by atoms with Gasteiger partial charge in [-0.25, -0.2) is 0 Å². The zero-order valence-electron chi connectivity index (χ0n) is 12.2. The van der Waals surface area contributed by atoms with Gasteiger partial charge in [-0.2, -0.15) is 0 Å². The van der Waals surface area contributed by atoms with Crippen LogP contribution in [0, 0.1) is 0 Å². The van der Waals surface area contributed by atoms with Gasteiger partial charge < -0.3 is 4.90 Å². The van der Waals surface area contributed by atoms with Crippen LogP contribution in [0.15, 0.2) is 43.0 Å². The summed E-state index contributed by atoms with van der Waals surface area (Å²) in [5, 5.41) is 0. The van der Waals surface area contributed by atoms with Crippen molar-refractivity contribution in [2.45, 2.75) is 26.4 Å². The summed E-state index contributed by atoms with van der Waals surface area (Å²) < 4.78 is 0. The van der Waals surface area contributed by atoms with Crippen molar-refractivity contribution in [1.29, 1.82) is 0 Å². The van der Waals surface area contributed by atoms with Gasteiger partial charge in [0, 0.05) is 26.2 Å². The van der Waals surface area contributed by atoms with Crippen LogP contribution in [-0.2, 0) is 11.3 Å². The fourth-order valence-corrected chi connectivity index (χ4v) is 1.80. The van der Waals surface area contributed by atoms with Crippen molar-refractivity contribution in [3.63, 3.8) is 0 Å². The van der Waals surface area contributed by atoms with Crippen molar-refractivity contribution in [3.8, 4) is 0 Å². The fourth-order valence-electron chi connectivity index (χ4n) is 1.80. The zero-order chi connectivity index (χ0) is 14.3. The lowest BCUT2D eigenvalue weighted by atomic mass is 10.2. The van der Waals surface area contributed by atoms with Crippen LogP contribution >= 0.6 is 0 Å². The van der Waals surface area contributed by atoms with Crippen molar-refractivity contribution >= 4 is 5.91 Å². The van der Waals surface area contributed by atoms with Gasteiger partial charge in [-0.1, -0.05) is 36.4 Å². The van der Waals surface area contributed by atoms with E-state index in [9.17, 15) is 4.79 Å². The van der Waals surface area contributed by atoms with E-state index in [0.717, 1.165) is 6.54 Å². The highest BCUT2D eigenvalue weighted by Crippen LogP contribution is 2.05. The maximum atomic E-state index is 12.1. The second-order valence-corrected chi connectivity index (χ2v) is 5.04. The molecule has 0 atom stereocenters. The Hall–Kier alpha value is -1.61. The molecule has 1 aromatic carbocycles. The third-order valence-corrected chi connectivity index (χ3v) is 3.16. The standard InChI is InChI=1S/C16H24N2O/c1-5-11-18(12-15-9-7-6-8-10-15)13-16(19)17(4)14(2)3/h5-10,14H,1,11-13H2,2-4H3. The summed E-state index contributed by atoms with van der Waals surface area (Å²) in [4.78, 5) is 16.0. The van der Waals surface area contributed by atoms with Crippen molar-refractivity contribution in [1.82, 2.24) is 9.80 Å². The topological polar surface area (TPSA) is 23.6 Å². The highest BCUT2D eigenvalue weighted by atomic mass is 16.2. The van der Waals surface area contributed by atoms with Crippen LogP contribution in [0.25, 0.3) is 0 Å². The molecule has 3 nitrogen and oxygen atoms in total. The van der Waals surface area contributed by atoms with E-state index < -0.39 is 0 Å². The molecule has 0 aliphatic carbocycles. The van der Waals surface area contributed by atoms with Crippen molar-refractivity contribution in [2.24, 2.45) is 0 Å². The van der Waals surface area contributed by atoms with Crippen LogP contribution in [0.5, 0.6) is 0 Å². The summed E-state index contributed by atoms with van der Waals surface area (Å²) in [5.41, 5.74) is 1.21. The van der Waals surface area contributed by atoms with Crippen LogP contribution in [-0.4, -0.2) is 41.9 Å². The van der Waals surface area contributed by atoms with Gasteiger partial charge in [-0.3, -0.25) is 9.69 Å². The Kier molecular flexibility index (Phi) is 6.30. The number of rotatable bonds is 7. The number of nitrogens with zero attached hydrogens (tertiary/aromatic N) is 2. The van der Waals surface area contributed by atoms with Gasteiger partial charge in [0.1, 0.15) is 0 Å². The molecule has 0 aliphatic heterocycles. The monoisotopic (exact) mass is 260 g/mol. The highest BCUT2D eigenvalue weighted by Gasteiger charge is 2.15. The van der Waals surface area contributed by atoms with E-state index in [1.165, 1.54) is 5.56 Å². The van der Waals surface area contributed by atoms with Crippen LogP contribution in [0.2, 0.25) is 0 Å². The number of amides is 1. The van der Waals surface area contributed by atoms with E-state index >= 15 is 0 Å². The lowest BCUT2D eigenvalue weighted by Crippen LogP contribution is -2.41. The highest BCUT2D eigenvalue weighted by molar-refractivity contribution is 5.78. The maximum Gasteiger partial charge on any atom is 0.236 e. The quantitative estimate of drug-likeness (QED) is 0.703. The molecule has 0 saturated heterocycles. The van der Waals surface area contributed by atoms with Crippen LogP contribution < -0.4 is 0 Å². The van der Waals surface area contributed by atoms with E-state index in [2.05, 4.69) is 23.6 Å². The molecule has 0 unspecified atom stereocenters. The van der Waals surface area contributed by atoms with Crippen molar-refractivity contribution < 1.29 is 4.79 Å². The van der Waals surface area contributed by atoms with Gasteiger partial charge >= 0.3 is 0 Å². The summed E-state index contributed by atoms with van der Waals surface area (Å²) in [6.07, 6.45) is 1.84. The molecule has 0 bridgehead atoms. The molecule has 0 fully saturated rings. The molecule has 0 radical (unpaired) electrons. The molecule has 0 saturated carbocycles. The Labute approximate surface area is 116 Å². The number of likely N-dealkylation sites (N-methyl/N-ethyl adjacent to an activating group) is 1. The summed E-state index contributed by atoms with van der Waals surface area (Å²) in [5.74, 6) is 0.146. The molecule has 3 heteroatoms. The molecule has 19 heavy (non-hydrogen) atoms. The van der Waals surface area contributed by atoms with Crippen LogP contribution in [0.1, 0.15) is 19.4 Å². The second-order valence-electron chi connectivity index (χ2n) is 5.04. The average molecular weight is 260 g/mol. The smallest absolute Gasteiger partial charge is 0.236 e. The molecule has 0 aromatic heterocycles. The minimum Gasteiger partial charge on any atom is -0.342 e. The summed E-state index contributed by atoms with van der Waals surface area (Å²) in [6, 6.07) is 10.4. The minimum atomic E-state index is 0.146. The zero-order valence-corrected chi connectivity index (χ0v) is 12.2. The first-order chi connectivity index (χ1) is 9.04. The predicted molar refractivity (Wildman–Crippen MR) is 79.8 cm³/mol. The Morgan fingerprint density at radius 3 is 2.47 bits per heavy atom. The lowest BCUT2D eigenvalue weighted by molar-refractivity contribution is -0.132. The first-order valence-electron chi connectivity index (χ1n) is 6.67. The molecule has 1 aromatic rings. The Morgan fingerprint density at radius 1 is 1.32 bits per heavy atom. The average Bonchev–Trinajstić information content (AvgIpc) is 2.39. The number of hydrogen-bond donors (Lipinski definition) is 0. The molecule has 0 spiro atoms. The summed E-state index contributed by atoms with van der Waals surface area (Å²) >= 11 is 0. The Balaban J connectivity index is 2.63. The molecule has 1 amide bonds. The Morgan fingerprint density at radius 2 is 1.95 bits per heavy atom. The van der Waals surface area contributed by atoms with Gasteiger partial charge in [-0.05, 0) is 19.4 Å². The van der Waals surface area contributed by atoms with E-state index in [1.807, 2.05) is 45.2 Å². The normalized spacial score (nSPS) is 10.8. The third-order valence-electron chi connectivity index (χ3n) is 3.16. The predicted octanol–water partition coefficient (Wildman–Crippen LogP) is 2.54. The summed E-state index contributed by atoms with van der Waals surface area (Å²) in [6.45, 7) is 9.71. The number of carbonyl (C=O) groups excluding carboxylic acids is 1. The molecular formula is C16H24N2O. The maximum absolute atomic E-state index is 12.1. The summed E-state index contributed by atoms with van der Waals surface area (Å²) in [7, 11) is 1.85. The van der Waals surface area contributed by atoms with Crippen LogP contribution in [0.3, 0.4) is 0 Å². The van der Waals surface area contributed by atoms with Gasteiger partial charge in [0.25, 0.3) is 0 Å². The van der Waals surface area contributed by atoms with Gasteiger partial charge in [-0.15, -0.1) is 6.58 Å². The number of benzene rings is 1. The van der Waals surface area contributed by atoms with Gasteiger partial charge in [0.15, 0.2) is 0 Å². The first kappa shape index (κ1) is 15.4. The van der Waals surface area contributed by atoms with Gasteiger partial charge in [0.2, 0.25) is 5.91 Å². The van der Waals surface area contributed by atoms with Crippen LogP contribution in [0.4, 0.5) is 0 Å². The first-order valence-corrected chi connectivity index (χ1v) is 6.67. The number of hydrogen-bond acceptors (Lipinski definition) is 2. The lowest BCUT2D eigenvalue weighted by Gasteiger charge is -2.26. The van der Waals surface area contributed by atoms with E-state index in [-0.39, 0.29) is 11.9 Å². The molecule has 104 valence electrons. The van der Waals surface area contributed by atoms with E-state index in [1.54, 1.807) is 4.90 Å². The molecule has 0 heterocycles. The molecule has 0 N–H and O–H groups in total. The molecular weight excluding hydrogens is 236 g/mol. The SMILES string of the molecule is C=CCN(CC(=O)N(C)C(C)C)Cc1ccccc1. The van der Waals surface area contributed by atoms with Crippen molar-refractivity contribution in [3.05, 3.63) is 48.6 Å². The van der Waals surface area contributed by atoms with E-state index in [4.69, 9.17) is 0 Å². The fraction of sp³-hybridized carbons (Fsp3) is 0.438.